The molecular weight excluding hydrogens is 354 g/mol. The fourth-order valence-electron chi connectivity index (χ4n) is 3.48. The fraction of sp³-hybridized carbons (Fsp3) is 0.273. The molecule has 2 aliphatic heterocycles. The summed E-state index contributed by atoms with van der Waals surface area (Å²) >= 11 is 0. The molecule has 28 heavy (non-hydrogen) atoms. The van der Waals surface area contributed by atoms with Crippen molar-refractivity contribution in [2.75, 3.05) is 25.0 Å². The summed E-state index contributed by atoms with van der Waals surface area (Å²) in [5.74, 6) is 0.707. The zero-order valence-corrected chi connectivity index (χ0v) is 15.6. The largest absolute Gasteiger partial charge is 0.488 e. The third-order valence-corrected chi connectivity index (χ3v) is 5.07. The summed E-state index contributed by atoms with van der Waals surface area (Å²) in [6.45, 7) is 1.51. The van der Waals surface area contributed by atoms with Crippen molar-refractivity contribution in [3.05, 3.63) is 65.7 Å². The van der Waals surface area contributed by atoms with Crippen molar-refractivity contribution in [2.45, 2.75) is 18.9 Å². The van der Waals surface area contributed by atoms with E-state index in [2.05, 4.69) is 10.6 Å². The van der Waals surface area contributed by atoms with Gasteiger partial charge in [0, 0.05) is 30.4 Å². The van der Waals surface area contributed by atoms with Gasteiger partial charge >= 0.3 is 6.03 Å². The number of carbonyl (C=O) groups excluding carboxylic acids is 2. The maximum atomic E-state index is 12.6. The number of amides is 3. The van der Waals surface area contributed by atoms with Crippen molar-refractivity contribution in [3.8, 4) is 5.75 Å². The molecule has 0 atom stereocenters. The number of benzene rings is 2. The molecule has 2 aliphatic rings. The van der Waals surface area contributed by atoms with Crippen LogP contribution in [0.4, 0.5) is 10.5 Å². The molecule has 0 unspecified atom stereocenters. The number of hydrogen-bond donors (Lipinski definition) is 2. The normalized spacial score (nSPS) is 16.4. The van der Waals surface area contributed by atoms with E-state index in [-0.39, 0.29) is 24.6 Å². The van der Waals surface area contributed by atoms with Crippen LogP contribution in [0.15, 0.2) is 60.2 Å². The number of nitrogens with zero attached hydrogens (tertiary/aromatic N) is 1. The summed E-state index contributed by atoms with van der Waals surface area (Å²) in [5, 5.41) is 5.99. The SMILES string of the molecule is O=C(NC1CCN(C(=O)Nc2ccccc2)CC1)C1=Cc2ccccc2OC1. The Kier molecular flexibility index (Phi) is 5.28. The van der Waals surface area contributed by atoms with Crippen molar-refractivity contribution in [1.29, 1.82) is 0 Å². The van der Waals surface area contributed by atoms with Gasteiger partial charge in [-0.1, -0.05) is 36.4 Å². The number of piperidine rings is 1. The zero-order chi connectivity index (χ0) is 19.3. The summed E-state index contributed by atoms with van der Waals surface area (Å²) in [6.07, 6.45) is 3.36. The van der Waals surface area contributed by atoms with Crippen LogP contribution in [0.1, 0.15) is 18.4 Å². The average molecular weight is 377 g/mol. The molecule has 2 heterocycles. The van der Waals surface area contributed by atoms with Gasteiger partial charge in [0.2, 0.25) is 0 Å². The Morgan fingerprint density at radius 2 is 1.68 bits per heavy atom. The van der Waals surface area contributed by atoms with E-state index in [1.165, 1.54) is 0 Å². The molecule has 0 radical (unpaired) electrons. The lowest BCUT2D eigenvalue weighted by Gasteiger charge is -2.32. The number of urea groups is 1. The van der Waals surface area contributed by atoms with E-state index < -0.39 is 0 Å². The third-order valence-electron chi connectivity index (χ3n) is 5.07. The first kappa shape index (κ1) is 18.1. The van der Waals surface area contributed by atoms with Crippen LogP contribution in [0.3, 0.4) is 0 Å². The van der Waals surface area contributed by atoms with Crippen molar-refractivity contribution in [3.63, 3.8) is 0 Å². The standard InChI is InChI=1S/C22H23N3O3/c26-21(17-14-16-6-4-5-9-20(16)28-15-17)23-19-10-12-25(13-11-19)22(27)24-18-7-2-1-3-8-18/h1-9,14,19H,10-13,15H2,(H,23,26)(H,24,27). The highest BCUT2D eigenvalue weighted by atomic mass is 16.5. The molecule has 1 fully saturated rings. The van der Waals surface area contributed by atoms with Crippen LogP contribution in [0, 0.1) is 0 Å². The van der Waals surface area contributed by atoms with E-state index in [4.69, 9.17) is 4.74 Å². The minimum atomic E-state index is -0.101. The molecule has 4 rings (SSSR count). The Bertz CT molecular complexity index is 887. The molecule has 0 aromatic heterocycles. The number of ether oxygens (including phenoxy) is 1. The van der Waals surface area contributed by atoms with E-state index >= 15 is 0 Å². The van der Waals surface area contributed by atoms with Crippen molar-refractivity contribution >= 4 is 23.7 Å². The Morgan fingerprint density at radius 3 is 2.46 bits per heavy atom. The van der Waals surface area contributed by atoms with Crippen LogP contribution >= 0.6 is 0 Å². The van der Waals surface area contributed by atoms with Crippen LogP contribution in [-0.4, -0.2) is 42.6 Å². The van der Waals surface area contributed by atoms with Crippen LogP contribution in [0.5, 0.6) is 5.75 Å². The molecule has 2 N–H and O–H groups in total. The Hall–Kier alpha value is -3.28. The topological polar surface area (TPSA) is 70.7 Å². The summed E-state index contributed by atoms with van der Waals surface area (Å²) in [4.78, 5) is 26.7. The number of fused-ring (bicyclic) bond motifs is 1. The maximum Gasteiger partial charge on any atom is 0.321 e. The Morgan fingerprint density at radius 1 is 0.964 bits per heavy atom. The van der Waals surface area contributed by atoms with E-state index in [1.807, 2.05) is 60.7 Å². The first-order valence-electron chi connectivity index (χ1n) is 9.53. The van der Waals surface area contributed by atoms with Gasteiger partial charge in [-0.3, -0.25) is 4.79 Å². The predicted octanol–water partition coefficient (Wildman–Crippen LogP) is 3.28. The quantitative estimate of drug-likeness (QED) is 0.862. The summed E-state index contributed by atoms with van der Waals surface area (Å²) in [7, 11) is 0. The summed E-state index contributed by atoms with van der Waals surface area (Å²) in [5.41, 5.74) is 2.33. The second-order valence-corrected chi connectivity index (χ2v) is 7.03. The number of hydrogen-bond acceptors (Lipinski definition) is 3. The van der Waals surface area contributed by atoms with Gasteiger partial charge < -0.3 is 20.3 Å². The molecule has 0 bridgehead atoms. The van der Waals surface area contributed by atoms with Crippen LogP contribution < -0.4 is 15.4 Å². The number of carbonyl (C=O) groups is 2. The van der Waals surface area contributed by atoms with E-state index in [0.717, 1.165) is 29.8 Å². The zero-order valence-electron chi connectivity index (χ0n) is 15.6. The lowest BCUT2D eigenvalue weighted by Crippen LogP contribution is -2.48. The number of rotatable bonds is 3. The lowest BCUT2D eigenvalue weighted by molar-refractivity contribution is -0.118. The van der Waals surface area contributed by atoms with Crippen molar-refractivity contribution in [2.24, 2.45) is 0 Å². The minimum Gasteiger partial charge on any atom is -0.488 e. The Labute approximate surface area is 164 Å². The van der Waals surface area contributed by atoms with Gasteiger partial charge in [0.1, 0.15) is 12.4 Å². The number of nitrogens with one attached hydrogen (secondary N) is 2. The molecule has 2 aromatic carbocycles. The number of likely N-dealkylation sites (tertiary alicyclic amines) is 1. The third kappa shape index (κ3) is 4.17. The smallest absolute Gasteiger partial charge is 0.321 e. The Balaban J connectivity index is 1.28. The van der Waals surface area contributed by atoms with E-state index in [0.29, 0.717) is 18.7 Å². The highest BCUT2D eigenvalue weighted by Crippen LogP contribution is 2.26. The molecule has 0 aliphatic carbocycles. The summed E-state index contributed by atoms with van der Waals surface area (Å²) in [6, 6.07) is 17.1. The van der Waals surface area contributed by atoms with Gasteiger partial charge in [-0.2, -0.15) is 0 Å². The highest BCUT2D eigenvalue weighted by molar-refractivity contribution is 5.99. The molecule has 6 nitrogen and oxygen atoms in total. The first-order valence-corrected chi connectivity index (χ1v) is 9.53. The number of anilines is 1. The summed E-state index contributed by atoms with van der Waals surface area (Å²) < 4.78 is 5.66. The second kappa shape index (κ2) is 8.17. The molecule has 6 heteroatoms. The molecular formula is C22H23N3O3. The molecule has 0 spiro atoms. The fourth-order valence-corrected chi connectivity index (χ4v) is 3.48. The van der Waals surface area contributed by atoms with E-state index in [1.54, 1.807) is 4.90 Å². The second-order valence-electron chi connectivity index (χ2n) is 7.03. The van der Waals surface area contributed by atoms with Gasteiger partial charge in [-0.25, -0.2) is 4.79 Å². The van der Waals surface area contributed by atoms with Crippen LogP contribution in [0.2, 0.25) is 0 Å². The van der Waals surface area contributed by atoms with Crippen molar-refractivity contribution in [1.82, 2.24) is 10.2 Å². The van der Waals surface area contributed by atoms with Crippen molar-refractivity contribution < 1.29 is 14.3 Å². The minimum absolute atomic E-state index is 0.0614. The van der Waals surface area contributed by atoms with Gasteiger partial charge in [-0.15, -0.1) is 0 Å². The molecule has 144 valence electrons. The first-order chi connectivity index (χ1) is 13.7. The molecule has 2 aromatic rings. The van der Waals surface area contributed by atoms with Gasteiger partial charge in [0.15, 0.2) is 0 Å². The van der Waals surface area contributed by atoms with Gasteiger partial charge in [-0.05, 0) is 37.1 Å². The molecule has 0 saturated carbocycles. The predicted molar refractivity (Wildman–Crippen MR) is 108 cm³/mol. The molecule has 1 saturated heterocycles. The molecule has 3 amide bonds. The lowest BCUT2D eigenvalue weighted by atomic mass is 10.0. The van der Waals surface area contributed by atoms with Crippen LogP contribution in [-0.2, 0) is 4.79 Å². The van der Waals surface area contributed by atoms with Gasteiger partial charge in [0.25, 0.3) is 5.91 Å². The van der Waals surface area contributed by atoms with Crippen LogP contribution in [0.25, 0.3) is 6.08 Å². The number of para-hydroxylation sites is 2. The maximum absolute atomic E-state index is 12.6. The highest BCUT2D eigenvalue weighted by Gasteiger charge is 2.25. The van der Waals surface area contributed by atoms with E-state index in [9.17, 15) is 9.59 Å². The monoisotopic (exact) mass is 377 g/mol. The van der Waals surface area contributed by atoms with Gasteiger partial charge in [0.05, 0.1) is 5.57 Å². The average Bonchev–Trinajstić information content (AvgIpc) is 2.74.